The van der Waals surface area contributed by atoms with Gasteiger partial charge in [0.25, 0.3) is 5.91 Å². The summed E-state index contributed by atoms with van der Waals surface area (Å²) in [4.78, 5) is 24.4. The Morgan fingerprint density at radius 1 is 1.29 bits per heavy atom. The van der Waals surface area contributed by atoms with Gasteiger partial charge in [-0.1, -0.05) is 6.07 Å². The van der Waals surface area contributed by atoms with Crippen LogP contribution in [0.3, 0.4) is 0 Å². The maximum atomic E-state index is 12.0. The fraction of sp³-hybridized carbons (Fsp3) is 0.333. The van der Waals surface area contributed by atoms with E-state index in [0.717, 1.165) is 5.69 Å². The van der Waals surface area contributed by atoms with Gasteiger partial charge in [-0.05, 0) is 19.9 Å². The molecule has 0 radical (unpaired) electrons. The van der Waals surface area contributed by atoms with Crippen molar-refractivity contribution in [3.8, 4) is 5.88 Å². The fourth-order valence-corrected chi connectivity index (χ4v) is 1.84. The molecule has 0 aliphatic carbocycles. The summed E-state index contributed by atoms with van der Waals surface area (Å²) < 4.78 is 5.34. The zero-order chi connectivity index (χ0) is 15.1. The maximum absolute atomic E-state index is 12.0. The van der Waals surface area contributed by atoms with Crippen molar-refractivity contribution in [2.75, 3.05) is 13.2 Å². The molecule has 110 valence electrons. The Morgan fingerprint density at radius 2 is 2.10 bits per heavy atom. The zero-order valence-corrected chi connectivity index (χ0v) is 12.2. The molecule has 6 nitrogen and oxygen atoms in total. The van der Waals surface area contributed by atoms with Crippen molar-refractivity contribution in [1.82, 2.24) is 20.3 Å². The smallest absolute Gasteiger partial charge is 0.271 e. The average molecular weight is 286 g/mol. The Balaban J connectivity index is 1.88. The van der Waals surface area contributed by atoms with Crippen LogP contribution in [0.4, 0.5) is 0 Å². The molecule has 2 aromatic rings. The lowest BCUT2D eigenvalue weighted by Gasteiger charge is -2.07. The number of nitrogens with zero attached hydrogens (tertiary/aromatic N) is 3. The number of amides is 1. The van der Waals surface area contributed by atoms with Crippen molar-refractivity contribution in [3.63, 3.8) is 0 Å². The first-order chi connectivity index (χ1) is 10.2. The van der Waals surface area contributed by atoms with Gasteiger partial charge in [0, 0.05) is 37.1 Å². The predicted octanol–water partition coefficient (Wildman–Crippen LogP) is 1.55. The molecule has 2 heterocycles. The van der Waals surface area contributed by atoms with Gasteiger partial charge in [-0.15, -0.1) is 0 Å². The Bertz CT molecular complexity index is 616. The van der Waals surface area contributed by atoms with Crippen LogP contribution < -0.4 is 10.1 Å². The molecule has 0 spiro atoms. The molecule has 2 rings (SSSR count). The van der Waals surface area contributed by atoms with E-state index in [2.05, 4.69) is 20.3 Å². The van der Waals surface area contributed by atoms with Crippen molar-refractivity contribution < 1.29 is 9.53 Å². The molecular formula is C15H18N4O2. The molecular weight excluding hydrogens is 268 g/mol. The standard InChI is InChI=1S/C15H18N4O2/c1-3-21-13-6-4-5-12(19-13)7-8-18-15(20)14-11(2)16-9-10-17-14/h4-6,9-10H,3,7-8H2,1-2H3,(H,18,20). The second-order valence-corrected chi connectivity index (χ2v) is 4.40. The highest BCUT2D eigenvalue weighted by molar-refractivity contribution is 5.93. The Morgan fingerprint density at radius 3 is 2.86 bits per heavy atom. The quantitative estimate of drug-likeness (QED) is 0.872. The van der Waals surface area contributed by atoms with Crippen molar-refractivity contribution in [2.45, 2.75) is 20.3 Å². The molecule has 0 aliphatic heterocycles. The van der Waals surface area contributed by atoms with Crippen molar-refractivity contribution in [3.05, 3.63) is 47.7 Å². The van der Waals surface area contributed by atoms with Gasteiger partial charge in [-0.2, -0.15) is 0 Å². The van der Waals surface area contributed by atoms with E-state index >= 15 is 0 Å². The molecule has 2 aromatic heterocycles. The van der Waals surface area contributed by atoms with Crippen LogP contribution in [-0.4, -0.2) is 34.0 Å². The second kappa shape index (κ2) is 7.33. The number of pyridine rings is 1. The third kappa shape index (κ3) is 4.24. The van der Waals surface area contributed by atoms with Crippen LogP contribution in [0, 0.1) is 6.92 Å². The number of hydrogen-bond donors (Lipinski definition) is 1. The highest BCUT2D eigenvalue weighted by atomic mass is 16.5. The molecule has 0 saturated carbocycles. The van der Waals surface area contributed by atoms with Crippen LogP contribution in [0.15, 0.2) is 30.6 Å². The van der Waals surface area contributed by atoms with Crippen LogP contribution in [0.25, 0.3) is 0 Å². The van der Waals surface area contributed by atoms with E-state index in [4.69, 9.17) is 4.74 Å². The number of nitrogens with one attached hydrogen (secondary N) is 1. The predicted molar refractivity (Wildman–Crippen MR) is 78.2 cm³/mol. The lowest BCUT2D eigenvalue weighted by molar-refractivity contribution is 0.0948. The summed E-state index contributed by atoms with van der Waals surface area (Å²) in [5.74, 6) is 0.382. The molecule has 21 heavy (non-hydrogen) atoms. The number of aryl methyl sites for hydroxylation is 1. The van der Waals surface area contributed by atoms with Gasteiger partial charge in [0.15, 0.2) is 0 Å². The number of carbonyl (C=O) groups excluding carboxylic acids is 1. The molecule has 0 unspecified atom stereocenters. The van der Waals surface area contributed by atoms with Gasteiger partial charge >= 0.3 is 0 Å². The molecule has 0 aliphatic rings. The summed E-state index contributed by atoms with van der Waals surface area (Å²) in [5, 5.41) is 2.82. The Labute approximate surface area is 123 Å². The third-order valence-electron chi connectivity index (χ3n) is 2.84. The molecule has 0 saturated heterocycles. The summed E-state index contributed by atoms with van der Waals surface area (Å²) in [6, 6.07) is 5.61. The summed E-state index contributed by atoms with van der Waals surface area (Å²) in [6.45, 7) is 4.74. The van der Waals surface area contributed by atoms with Gasteiger partial charge < -0.3 is 10.1 Å². The van der Waals surface area contributed by atoms with E-state index < -0.39 is 0 Å². The van der Waals surface area contributed by atoms with Crippen LogP contribution in [0.1, 0.15) is 28.8 Å². The van der Waals surface area contributed by atoms with E-state index in [9.17, 15) is 4.79 Å². The minimum absolute atomic E-state index is 0.221. The first kappa shape index (κ1) is 14.9. The minimum atomic E-state index is -0.221. The van der Waals surface area contributed by atoms with E-state index in [0.29, 0.717) is 36.8 Å². The molecule has 6 heteroatoms. The monoisotopic (exact) mass is 286 g/mol. The molecule has 0 bridgehead atoms. The first-order valence-corrected chi connectivity index (χ1v) is 6.85. The van der Waals surface area contributed by atoms with Gasteiger partial charge in [-0.25, -0.2) is 9.97 Å². The maximum Gasteiger partial charge on any atom is 0.271 e. The lowest BCUT2D eigenvalue weighted by Crippen LogP contribution is -2.27. The van der Waals surface area contributed by atoms with E-state index in [-0.39, 0.29) is 5.91 Å². The van der Waals surface area contributed by atoms with Crippen molar-refractivity contribution in [1.29, 1.82) is 0 Å². The highest BCUT2D eigenvalue weighted by Crippen LogP contribution is 2.07. The average Bonchev–Trinajstić information content (AvgIpc) is 2.48. The largest absolute Gasteiger partial charge is 0.478 e. The number of ether oxygens (including phenoxy) is 1. The van der Waals surface area contributed by atoms with Crippen LogP contribution in [0.2, 0.25) is 0 Å². The molecule has 1 N–H and O–H groups in total. The van der Waals surface area contributed by atoms with E-state index in [1.165, 1.54) is 6.20 Å². The summed E-state index contributed by atoms with van der Waals surface area (Å²) >= 11 is 0. The molecule has 0 atom stereocenters. The van der Waals surface area contributed by atoms with Crippen molar-refractivity contribution in [2.24, 2.45) is 0 Å². The van der Waals surface area contributed by atoms with Crippen molar-refractivity contribution >= 4 is 5.91 Å². The van der Waals surface area contributed by atoms with E-state index in [1.807, 2.05) is 25.1 Å². The topological polar surface area (TPSA) is 77.0 Å². The van der Waals surface area contributed by atoms with Gasteiger partial charge in [0.2, 0.25) is 5.88 Å². The number of aromatic nitrogens is 3. The summed E-state index contributed by atoms with van der Waals surface area (Å²) in [5.41, 5.74) is 1.84. The second-order valence-electron chi connectivity index (χ2n) is 4.40. The number of hydrogen-bond acceptors (Lipinski definition) is 5. The van der Waals surface area contributed by atoms with Gasteiger partial charge in [0.1, 0.15) is 5.69 Å². The van der Waals surface area contributed by atoms with Gasteiger partial charge in [-0.3, -0.25) is 9.78 Å². The first-order valence-electron chi connectivity index (χ1n) is 6.85. The molecule has 1 amide bonds. The number of carbonyl (C=O) groups is 1. The zero-order valence-electron chi connectivity index (χ0n) is 12.2. The summed E-state index contributed by atoms with van der Waals surface area (Å²) in [7, 11) is 0. The Hall–Kier alpha value is -2.50. The normalized spacial score (nSPS) is 10.2. The molecule has 0 aromatic carbocycles. The van der Waals surface area contributed by atoms with Gasteiger partial charge in [0.05, 0.1) is 12.3 Å². The SMILES string of the molecule is CCOc1cccc(CCNC(=O)c2nccnc2C)n1. The number of rotatable bonds is 6. The van der Waals surface area contributed by atoms with Crippen LogP contribution in [0.5, 0.6) is 5.88 Å². The highest BCUT2D eigenvalue weighted by Gasteiger charge is 2.10. The Kier molecular flexibility index (Phi) is 5.20. The lowest BCUT2D eigenvalue weighted by atomic mass is 10.2. The van der Waals surface area contributed by atoms with Crippen LogP contribution in [-0.2, 0) is 6.42 Å². The van der Waals surface area contributed by atoms with E-state index in [1.54, 1.807) is 13.1 Å². The molecule has 0 fully saturated rings. The third-order valence-corrected chi connectivity index (χ3v) is 2.84. The van der Waals surface area contributed by atoms with Crippen LogP contribution >= 0.6 is 0 Å². The fourth-order valence-electron chi connectivity index (χ4n) is 1.84. The summed E-state index contributed by atoms with van der Waals surface area (Å²) in [6.07, 6.45) is 3.70. The minimum Gasteiger partial charge on any atom is -0.478 e.